The van der Waals surface area contributed by atoms with E-state index in [4.69, 9.17) is 17.0 Å². The molecular formula is C19H19NO5S2. The maximum absolute atomic E-state index is 12.1. The number of carbonyl (C=O) groups is 3. The van der Waals surface area contributed by atoms with Gasteiger partial charge in [0.1, 0.15) is 4.32 Å². The smallest absolute Gasteiger partial charge is 0.337 e. The van der Waals surface area contributed by atoms with E-state index in [9.17, 15) is 14.4 Å². The number of thioether (sulfide) groups is 1. The van der Waals surface area contributed by atoms with Crippen molar-refractivity contribution >= 4 is 52.2 Å². The first-order chi connectivity index (χ1) is 12.9. The number of amides is 1. The maximum atomic E-state index is 12.1. The molecule has 1 N–H and O–H groups in total. The number of esters is 2. The second-order valence-corrected chi connectivity index (χ2v) is 7.14. The van der Waals surface area contributed by atoms with Crippen LogP contribution in [0.3, 0.4) is 0 Å². The minimum Gasteiger partial charge on any atom is -0.466 e. The number of benzene rings is 1. The predicted octanol–water partition coefficient (Wildman–Crippen LogP) is 3.23. The van der Waals surface area contributed by atoms with Crippen molar-refractivity contribution in [3.8, 4) is 0 Å². The van der Waals surface area contributed by atoms with Crippen LogP contribution in [-0.4, -0.2) is 35.9 Å². The molecule has 142 valence electrons. The highest BCUT2D eigenvalue weighted by Gasteiger charge is 2.25. The minimum atomic E-state index is -0.407. The molecule has 1 saturated heterocycles. The number of ether oxygens (including phenoxy) is 2. The molecular weight excluding hydrogens is 386 g/mol. The zero-order chi connectivity index (χ0) is 19.8. The van der Waals surface area contributed by atoms with Crippen LogP contribution in [0.15, 0.2) is 40.8 Å². The highest BCUT2D eigenvalue weighted by Crippen LogP contribution is 2.30. The van der Waals surface area contributed by atoms with Gasteiger partial charge in [-0.2, -0.15) is 0 Å². The van der Waals surface area contributed by atoms with E-state index in [0.717, 1.165) is 5.56 Å². The highest BCUT2D eigenvalue weighted by atomic mass is 32.2. The molecule has 6 nitrogen and oxygen atoms in total. The summed E-state index contributed by atoms with van der Waals surface area (Å²) in [6.07, 6.45) is 4.11. The first kappa shape index (κ1) is 20.9. The van der Waals surface area contributed by atoms with E-state index < -0.39 is 5.97 Å². The first-order valence-electron chi connectivity index (χ1n) is 8.23. The lowest BCUT2D eigenvalue weighted by molar-refractivity contribution is -0.143. The average Bonchev–Trinajstić information content (AvgIpc) is 3.00. The SMILES string of the molecule is CCOC(=O)CCC(/C=C/c1ccc(C(=O)OC)cc1)=C1\SC(=S)NC1=O. The van der Waals surface area contributed by atoms with Crippen LogP contribution in [0.2, 0.25) is 0 Å². The summed E-state index contributed by atoms with van der Waals surface area (Å²) in [5.41, 5.74) is 1.98. The third-order valence-electron chi connectivity index (χ3n) is 3.62. The molecule has 1 aromatic carbocycles. The van der Waals surface area contributed by atoms with E-state index in [1.807, 2.05) is 6.08 Å². The lowest BCUT2D eigenvalue weighted by atomic mass is 10.1. The molecule has 1 fully saturated rings. The third kappa shape index (κ3) is 6.04. The zero-order valence-corrected chi connectivity index (χ0v) is 16.6. The van der Waals surface area contributed by atoms with Gasteiger partial charge in [0.25, 0.3) is 5.91 Å². The van der Waals surface area contributed by atoms with Gasteiger partial charge >= 0.3 is 11.9 Å². The molecule has 0 aromatic heterocycles. The van der Waals surface area contributed by atoms with Crippen LogP contribution in [0.1, 0.15) is 35.7 Å². The Bertz CT molecular complexity index is 812. The molecule has 0 atom stereocenters. The molecule has 0 bridgehead atoms. The first-order valence-corrected chi connectivity index (χ1v) is 9.45. The molecule has 2 rings (SSSR count). The van der Waals surface area contributed by atoms with Crippen molar-refractivity contribution in [1.82, 2.24) is 5.32 Å². The van der Waals surface area contributed by atoms with Gasteiger partial charge in [-0.15, -0.1) is 0 Å². The van der Waals surface area contributed by atoms with E-state index in [1.165, 1.54) is 18.9 Å². The number of thiocarbonyl (C=S) groups is 1. The summed E-state index contributed by atoms with van der Waals surface area (Å²) in [6.45, 7) is 2.06. The lowest BCUT2D eigenvalue weighted by Gasteiger charge is -2.06. The van der Waals surface area contributed by atoms with Gasteiger partial charge in [0.2, 0.25) is 0 Å². The monoisotopic (exact) mass is 405 g/mol. The van der Waals surface area contributed by atoms with E-state index in [2.05, 4.69) is 10.1 Å². The fourth-order valence-corrected chi connectivity index (χ4v) is 3.43. The Kier molecular flexibility index (Phi) is 7.75. The molecule has 1 aliphatic heterocycles. The maximum Gasteiger partial charge on any atom is 0.337 e. The number of hydrogen-bond donors (Lipinski definition) is 1. The molecule has 1 aromatic rings. The van der Waals surface area contributed by atoms with Crippen molar-refractivity contribution in [3.63, 3.8) is 0 Å². The van der Waals surface area contributed by atoms with Gasteiger partial charge in [-0.25, -0.2) is 4.79 Å². The number of allylic oxidation sites excluding steroid dienone is 2. The van der Waals surface area contributed by atoms with Crippen molar-refractivity contribution in [1.29, 1.82) is 0 Å². The summed E-state index contributed by atoms with van der Waals surface area (Å²) in [7, 11) is 1.33. The Hall–Kier alpha value is -2.45. The van der Waals surface area contributed by atoms with Gasteiger partial charge < -0.3 is 14.8 Å². The van der Waals surface area contributed by atoms with Crippen molar-refractivity contribution in [3.05, 3.63) is 51.9 Å². The van der Waals surface area contributed by atoms with Gasteiger partial charge in [-0.1, -0.05) is 48.3 Å². The summed E-state index contributed by atoms with van der Waals surface area (Å²) >= 11 is 6.21. The Morgan fingerprint density at radius 1 is 1.22 bits per heavy atom. The summed E-state index contributed by atoms with van der Waals surface area (Å²) in [5, 5.41) is 2.58. The van der Waals surface area contributed by atoms with Crippen molar-refractivity contribution in [2.24, 2.45) is 0 Å². The van der Waals surface area contributed by atoms with Gasteiger partial charge in [0.05, 0.1) is 24.2 Å². The summed E-state index contributed by atoms with van der Waals surface area (Å²) < 4.78 is 10.0. The van der Waals surface area contributed by atoms with Crippen LogP contribution >= 0.6 is 24.0 Å². The molecule has 1 aliphatic rings. The molecule has 1 amide bonds. The van der Waals surface area contributed by atoms with Gasteiger partial charge in [-0.05, 0) is 36.6 Å². The Balaban J connectivity index is 2.21. The van der Waals surface area contributed by atoms with Gasteiger partial charge in [0.15, 0.2) is 0 Å². The average molecular weight is 405 g/mol. The fraction of sp³-hybridized carbons (Fsp3) is 0.263. The van der Waals surface area contributed by atoms with Crippen molar-refractivity contribution < 1.29 is 23.9 Å². The summed E-state index contributed by atoms with van der Waals surface area (Å²) in [6, 6.07) is 6.85. The van der Waals surface area contributed by atoms with E-state index >= 15 is 0 Å². The molecule has 1 heterocycles. The molecule has 0 saturated carbocycles. The topological polar surface area (TPSA) is 81.7 Å². The lowest BCUT2D eigenvalue weighted by Crippen LogP contribution is -2.18. The van der Waals surface area contributed by atoms with Crippen LogP contribution in [-0.2, 0) is 19.1 Å². The zero-order valence-electron chi connectivity index (χ0n) is 14.9. The minimum absolute atomic E-state index is 0.166. The standard InChI is InChI=1S/C19H19NO5S2/c1-3-25-15(21)11-10-13(16-17(22)20-19(26)27-16)7-4-12-5-8-14(9-6-12)18(23)24-2/h4-9H,3,10-11H2,1-2H3,(H,20,22,26)/b7-4+,16-13-. The second kappa shape index (κ2) is 10.0. The predicted molar refractivity (Wildman–Crippen MR) is 108 cm³/mol. The molecule has 0 spiro atoms. The van der Waals surface area contributed by atoms with Crippen LogP contribution in [0.4, 0.5) is 0 Å². The normalized spacial score (nSPS) is 15.6. The fourth-order valence-electron chi connectivity index (χ4n) is 2.31. The number of nitrogens with one attached hydrogen (secondary N) is 1. The van der Waals surface area contributed by atoms with E-state index in [-0.39, 0.29) is 18.3 Å². The van der Waals surface area contributed by atoms with Crippen LogP contribution < -0.4 is 5.32 Å². The highest BCUT2D eigenvalue weighted by molar-refractivity contribution is 8.26. The molecule has 0 radical (unpaired) electrons. The number of carbonyl (C=O) groups excluding carboxylic acids is 3. The van der Waals surface area contributed by atoms with Gasteiger partial charge in [-0.3, -0.25) is 9.59 Å². The molecule has 0 aliphatic carbocycles. The van der Waals surface area contributed by atoms with Gasteiger partial charge in [0, 0.05) is 6.42 Å². The number of hydrogen-bond acceptors (Lipinski definition) is 7. The van der Waals surface area contributed by atoms with E-state index in [0.29, 0.717) is 33.4 Å². The van der Waals surface area contributed by atoms with Crippen molar-refractivity contribution in [2.75, 3.05) is 13.7 Å². The van der Waals surface area contributed by atoms with Crippen LogP contribution in [0.5, 0.6) is 0 Å². The molecule has 0 unspecified atom stereocenters. The third-order valence-corrected chi connectivity index (χ3v) is 4.91. The summed E-state index contributed by atoms with van der Waals surface area (Å²) in [5.74, 6) is -0.998. The largest absolute Gasteiger partial charge is 0.466 e. The van der Waals surface area contributed by atoms with Crippen LogP contribution in [0.25, 0.3) is 6.08 Å². The Morgan fingerprint density at radius 3 is 2.48 bits per heavy atom. The van der Waals surface area contributed by atoms with Crippen LogP contribution in [0, 0.1) is 0 Å². The Morgan fingerprint density at radius 2 is 1.93 bits per heavy atom. The Labute approximate surface area is 167 Å². The number of methoxy groups -OCH3 is 1. The second-order valence-electron chi connectivity index (χ2n) is 5.45. The van der Waals surface area contributed by atoms with Crippen molar-refractivity contribution in [2.45, 2.75) is 19.8 Å². The summed E-state index contributed by atoms with van der Waals surface area (Å²) in [4.78, 5) is 35.7. The molecule has 8 heteroatoms. The quantitative estimate of drug-likeness (QED) is 0.424. The van der Waals surface area contributed by atoms with E-state index in [1.54, 1.807) is 37.3 Å². The number of rotatable bonds is 7. The molecule has 27 heavy (non-hydrogen) atoms.